The highest BCUT2D eigenvalue weighted by Crippen LogP contribution is 2.35. The van der Waals surface area contributed by atoms with Crippen LogP contribution in [0.5, 0.6) is 0 Å². The Morgan fingerprint density at radius 1 is 0.971 bits per heavy atom. The standard InChI is InChI=1S/C25H27BN2O6/c1-3-28(21-10-6-8-15-7-4-5-9-16(15)21)23(30)18-14-19(24(31)32)17(13-20(18)25(33)34)22(29)27(2)12-11-26/h4-5,7,9,13-14,21H,3,6,8,10-12H2,1-2H3,(H,31,32)(H,33,34)/t21-/m0/s1. The van der Waals surface area contributed by atoms with Gasteiger partial charge in [-0.3, -0.25) is 9.59 Å². The van der Waals surface area contributed by atoms with Gasteiger partial charge in [-0.1, -0.05) is 30.6 Å². The molecule has 3 rings (SSSR count). The summed E-state index contributed by atoms with van der Waals surface area (Å²) in [7, 11) is 6.93. The Hall–Kier alpha value is -3.62. The number of hydrogen-bond acceptors (Lipinski definition) is 4. The predicted octanol–water partition coefficient (Wildman–Crippen LogP) is 3.28. The molecule has 2 aromatic carbocycles. The number of nitrogens with zero attached hydrogens (tertiary/aromatic N) is 2. The highest BCUT2D eigenvalue weighted by Gasteiger charge is 2.33. The zero-order chi connectivity index (χ0) is 25.0. The highest BCUT2D eigenvalue weighted by molar-refractivity contribution is 6.12. The van der Waals surface area contributed by atoms with E-state index in [1.165, 1.54) is 11.9 Å². The Morgan fingerprint density at radius 2 is 1.56 bits per heavy atom. The molecule has 2 aromatic rings. The number of aryl methyl sites for hydroxylation is 1. The van der Waals surface area contributed by atoms with Crippen molar-refractivity contribution >= 4 is 31.6 Å². The van der Waals surface area contributed by atoms with E-state index in [1.807, 2.05) is 24.3 Å². The van der Waals surface area contributed by atoms with Crippen molar-refractivity contribution in [3.05, 3.63) is 69.8 Å². The molecule has 8 nitrogen and oxygen atoms in total. The molecule has 1 aliphatic carbocycles. The van der Waals surface area contributed by atoms with Crippen LogP contribution in [0.1, 0.15) is 78.4 Å². The normalized spacial score (nSPS) is 14.7. The largest absolute Gasteiger partial charge is 0.478 e. The van der Waals surface area contributed by atoms with Gasteiger partial charge in [-0.15, -0.1) is 0 Å². The summed E-state index contributed by atoms with van der Waals surface area (Å²) in [5.41, 5.74) is 0.744. The maximum Gasteiger partial charge on any atom is 0.336 e. The summed E-state index contributed by atoms with van der Waals surface area (Å²) >= 11 is 0. The van der Waals surface area contributed by atoms with E-state index in [-0.39, 0.29) is 30.0 Å². The molecular formula is C25H27BN2O6. The fourth-order valence-corrected chi connectivity index (χ4v) is 4.52. The fraction of sp³-hybridized carbons (Fsp3) is 0.360. The molecule has 1 aliphatic rings. The van der Waals surface area contributed by atoms with Crippen LogP contribution in [0.15, 0.2) is 36.4 Å². The zero-order valence-corrected chi connectivity index (χ0v) is 19.3. The van der Waals surface area contributed by atoms with Crippen molar-refractivity contribution in [3.8, 4) is 0 Å². The molecule has 2 radical (unpaired) electrons. The Morgan fingerprint density at radius 3 is 2.12 bits per heavy atom. The minimum absolute atomic E-state index is 0.154. The zero-order valence-electron chi connectivity index (χ0n) is 19.3. The van der Waals surface area contributed by atoms with Gasteiger partial charge in [0.15, 0.2) is 0 Å². The van der Waals surface area contributed by atoms with Crippen molar-refractivity contribution in [2.75, 3.05) is 20.1 Å². The molecule has 0 unspecified atom stereocenters. The molecule has 0 aromatic heterocycles. The number of carbonyl (C=O) groups excluding carboxylic acids is 2. The van der Waals surface area contributed by atoms with Gasteiger partial charge < -0.3 is 20.0 Å². The molecule has 0 saturated heterocycles. The molecule has 34 heavy (non-hydrogen) atoms. The summed E-state index contributed by atoms with van der Waals surface area (Å²) in [5.74, 6) is -4.12. The van der Waals surface area contributed by atoms with E-state index in [9.17, 15) is 29.4 Å². The van der Waals surface area contributed by atoms with Crippen molar-refractivity contribution in [3.63, 3.8) is 0 Å². The molecule has 9 heteroatoms. The molecule has 1 atom stereocenters. The number of carbonyl (C=O) groups is 4. The third kappa shape index (κ3) is 4.83. The van der Waals surface area contributed by atoms with E-state index in [4.69, 9.17) is 7.85 Å². The number of hydrogen-bond donors (Lipinski definition) is 2. The first-order valence-electron chi connectivity index (χ1n) is 11.2. The summed E-state index contributed by atoms with van der Waals surface area (Å²) in [4.78, 5) is 53.4. The lowest BCUT2D eigenvalue weighted by molar-refractivity contribution is 0.0635. The smallest absolute Gasteiger partial charge is 0.336 e. The van der Waals surface area contributed by atoms with Crippen LogP contribution in [0.3, 0.4) is 0 Å². The molecule has 0 aliphatic heterocycles. The van der Waals surface area contributed by atoms with Gasteiger partial charge in [0.2, 0.25) is 0 Å². The first-order chi connectivity index (χ1) is 16.2. The topological polar surface area (TPSA) is 115 Å². The average molecular weight is 462 g/mol. The van der Waals surface area contributed by atoms with Crippen LogP contribution in [0, 0.1) is 0 Å². The summed E-state index contributed by atoms with van der Waals surface area (Å²) in [6.45, 7) is 2.26. The summed E-state index contributed by atoms with van der Waals surface area (Å²) in [5, 5.41) is 19.6. The highest BCUT2D eigenvalue weighted by atomic mass is 16.4. The van der Waals surface area contributed by atoms with E-state index in [0.29, 0.717) is 13.0 Å². The Balaban J connectivity index is 2.12. The Kier molecular flexibility index (Phi) is 7.76. The van der Waals surface area contributed by atoms with Crippen LogP contribution >= 0.6 is 0 Å². The molecule has 0 saturated carbocycles. The van der Waals surface area contributed by atoms with E-state index >= 15 is 0 Å². The Labute approximate surface area is 199 Å². The van der Waals surface area contributed by atoms with Crippen molar-refractivity contribution in [1.29, 1.82) is 0 Å². The van der Waals surface area contributed by atoms with E-state index in [1.54, 1.807) is 11.8 Å². The van der Waals surface area contributed by atoms with Crippen LogP contribution in [0.25, 0.3) is 0 Å². The molecule has 0 bridgehead atoms. The van der Waals surface area contributed by atoms with Gasteiger partial charge in [0.05, 0.1) is 36.1 Å². The first kappa shape index (κ1) is 25.0. The van der Waals surface area contributed by atoms with Crippen LogP contribution in [-0.4, -0.2) is 71.7 Å². The summed E-state index contributed by atoms with van der Waals surface area (Å²) < 4.78 is 0. The van der Waals surface area contributed by atoms with Gasteiger partial charge in [-0.25, -0.2) is 9.59 Å². The Bertz CT molecular complexity index is 1130. The number of aromatic carboxylic acids is 2. The third-order valence-corrected chi connectivity index (χ3v) is 6.21. The summed E-state index contributed by atoms with van der Waals surface area (Å²) in [6.07, 6.45) is 2.64. The minimum atomic E-state index is -1.43. The van der Waals surface area contributed by atoms with Gasteiger partial charge >= 0.3 is 11.9 Å². The van der Waals surface area contributed by atoms with Gasteiger partial charge in [0.1, 0.15) is 0 Å². The predicted molar refractivity (Wildman–Crippen MR) is 127 cm³/mol. The lowest BCUT2D eigenvalue weighted by Crippen LogP contribution is -2.37. The fourth-order valence-electron chi connectivity index (χ4n) is 4.52. The number of fused-ring (bicyclic) bond motifs is 1. The number of benzene rings is 2. The minimum Gasteiger partial charge on any atom is -0.478 e. The van der Waals surface area contributed by atoms with Crippen LogP contribution < -0.4 is 0 Å². The second kappa shape index (κ2) is 10.5. The van der Waals surface area contributed by atoms with E-state index in [0.717, 1.165) is 36.1 Å². The molecule has 2 N–H and O–H groups in total. The second-order valence-electron chi connectivity index (χ2n) is 8.27. The lowest BCUT2D eigenvalue weighted by atomic mass is 9.86. The van der Waals surface area contributed by atoms with Crippen molar-refractivity contribution in [2.45, 2.75) is 38.5 Å². The van der Waals surface area contributed by atoms with Gasteiger partial charge in [0.25, 0.3) is 11.8 Å². The van der Waals surface area contributed by atoms with Crippen LogP contribution in [-0.2, 0) is 6.42 Å². The number of carboxylic acid groups (broad SMARTS) is 2. The van der Waals surface area contributed by atoms with Crippen LogP contribution in [0.4, 0.5) is 0 Å². The number of rotatable bonds is 8. The molecule has 0 spiro atoms. The van der Waals surface area contributed by atoms with E-state index in [2.05, 4.69) is 0 Å². The monoisotopic (exact) mass is 462 g/mol. The second-order valence-corrected chi connectivity index (χ2v) is 8.27. The van der Waals surface area contributed by atoms with Crippen molar-refractivity contribution in [1.82, 2.24) is 9.80 Å². The molecule has 176 valence electrons. The molecule has 0 heterocycles. The number of carboxylic acids is 2. The van der Waals surface area contributed by atoms with Crippen molar-refractivity contribution < 1.29 is 29.4 Å². The first-order valence-corrected chi connectivity index (χ1v) is 11.2. The molecule has 0 fully saturated rings. The number of amides is 2. The molecular weight excluding hydrogens is 435 g/mol. The maximum absolute atomic E-state index is 13.7. The van der Waals surface area contributed by atoms with Crippen LogP contribution in [0.2, 0.25) is 6.32 Å². The third-order valence-electron chi connectivity index (χ3n) is 6.21. The van der Waals surface area contributed by atoms with Gasteiger partial charge in [0, 0.05) is 20.1 Å². The van der Waals surface area contributed by atoms with E-state index < -0.39 is 34.9 Å². The maximum atomic E-state index is 13.7. The average Bonchev–Trinajstić information content (AvgIpc) is 2.83. The quantitative estimate of drug-likeness (QED) is 0.582. The lowest BCUT2D eigenvalue weighted by Gasteiger charge is -2.35. The summed E-state index contributed by atoms with van der Waals surface area (Å²) in [6, 6.07) is 9.56. The van der Waals surface area contributed by atoms with Gasteiger partial charge in [-0.05, 0) is 49.4 Å². The van der Waals surface area contributed by atoms with Crippen molar-refractivity contribution in [2.24, 2.45) is 0 Å². The molecule has 2 amide bonds. The SMILES string of the molecule is [B]CCN(C)C(=O)c1cc(C(=O)O)c(C(=O)N(CC)[C@H]2CCCc3ccccc32)cc1C(=O)O. The van der Waals surface area contributed by atoms with Gasteiger partial charge in [-0.2, -0.15) is 0 Å².